The third-order valence-corrected chi connectivity index (χ3v) is 2.88. The minimum Gasteiger partial charge on any atom is -0.459 e. The molecule has 1 heterocycles. The molecule has 2 rings (SSSR count). The van der Waals surface area contributed by atoms with Gasteiger partial charge in [-0.15, -0.1) is 0 Å². The van der Waals surface area contributed by atoms with Gasteiger partial charge in [-0.2, -0.15) is 0 Å². The molecule has 0 aliphatic heterocycles. The summed E-state index contributed by atoms with van der Waals surface area (Å²) in [6, 6.07) is 8.57. The molecule has 8 nitrogen and oxygen atoms in total. The number of non-ortho nitro benzene ring substituents is 1. The van der Waals surface area contributed by atoms with Crippen LogP contribution in [0.3, 0.4) is 0 Å². The highest BCUT2D eigenvalue weighted by Crippen LogP contribution is 2.14. The predicted octanol–water partition coefficient (Wildman–Crippen LogP) is 1.70. The summed E-state index contributed by atoms with van der Waals surface area (Å²) in [7, 11) is 1.42. The van der Waals surface area contributed by atoms with Crippen LogP contribution in [0.2, 0.25) is 0 Å². The van der Waals surface area contributed by atoms with E-state index in [1.54, 1.807) is 6.07 Å². The molecule has 0 fully saturated rings. The van der Waals surface area contributed by atoms with Crippen LogP contribution in [0.5, 0.6) is 0 Å². The predicted molar refractivity (Wildman–Crippen MR) is 81.3 cm³/mol. The van der Waals surface area contributed by atoms with Crippen molar-refractivity contribution in [3.05, 3.63) is 69.8 Å². The molecular formula is C15H13N3O5. The minimum atomic E-state index is -0.577. The van der Waals surface area contributed by atoms with Crippen molar-refractivity contribution in [3.63, 3.8) is 0 Å². The Labute approximate surface area is 130 Å². The van der Waals surface area contributed by atoms with Gasteiger partial charge < -0.3 is 15.1 Å². The Morgan fingerprint density at radius 3 is 2.43 bits per heavy atom. The van der Waals surface area contributed by atoms with Crippen molar-refractivity contribution in [3.8, 4) is 0 Å². The topological polar surface area (TPSA) is 114 Å². The number of benzene rings is 1. The van der Waals surface area contributed by atoms with E-state index in [4.69, 9.17) is 4.42 Å². The summed E-state index contributed by atoms with van der Waals surface area (Å²) in [5, 5.41) is 15.5. The van der Waals surface area contributed by atoms with Crippen LogP contribution in [0.4, 0.5) is 5.69 Å². The SMILES string of the molecule is CNC(=O)C(=Cc1ccc([N+](=O)[O-])cc1)NC(=O)c1ccco1. The number of amides is 2. The maximum Gasteiger partial charge on any atom is 0.291 e. The molecule has 2 N–H and O–H groups in total. The molecule has 8 heteroatoms. The Bertz CT molecular complexity index is 748. The van der Waals surface area contributed by atoms with Crippen LogP contribution in [0.25, 0.3) is 6.08 Å². The maximum atomic E-state index is 12.0. The van der Waals surface area contributed by atoms with E-state index >= 15 is 0 Å². The normalized spacial score (nSPS) is 10.9. The average molecular weight is 315 g/mol. The van der Waals surface area contributed by atoms with E-state index in [1.807, 2.05) is 0 Å². The zero-order valence-corrected chi connectivity index (χ0v) is 12.1. The lowest BCUT2D eigenvalue weighted by Gasteiger charge is -2.07. The van der Waals surface area contributed by atoms with Gasteiger partial charge in [-0.25, -0.2) is 0 Å². The quantitative estimate of drug-likeness (QED) is 0.495. The third kappa shape index (κ3) is 4.03. The molecule has 23 heavy (non-hydrogen) atoms. The highest BCUT2D eigenvalue weighted by atomic mass is 16.6. The Kier molecular flexibility index (Phi) is 4.88. The van der Waals surface area contributed by atoms with E-state index < -0.39 is 16.7 Å². The van der Waals surface area contributed by atoms with E-state index in [1.165, 1.54) is 49.7 Å². The van der Waals surface area contributed by atoms with Crippen molar-refractivity contribution in [2.45, 2.75) is 0 Å². The second-order valence-electron chi connectivity index (χ2n) is 4.42. The first-order valence-electron chi connectivity index (χ1n) is 6.54. The molecule has 2 aromatic rings. The first kappa shape index (κ1) is 16.0. The van der Waals surface area contributed by atoms with Gasteiger partial charge in [-0.1, -0.05) is 0 Å². The Morgan fingerprint density at radius 1 is 1.22 bits per heavy atom. The lowest BCUT2D eigenvalue weighted by molar-refractivity contribution is -0.384. The number of hydrogen-bond acceptors (Lipinski definition) is 5. The summed E-state index contributed by atoms with van der Waals surface area (Å²) >= 11 is 0. The molecule has 2 amide bonds. The number of nitro groups is 1. The van der Waals surface area contributed by atoms with E-state index in [0.717, 1.165) is 0 Å². The van der Waals surface area contributed by atoms with Gasteiger partial charge in [0, 0.05) is 19.2 Å². The van der Waals surface area contributed by atoms with Crippen LogP contribution in [-0.4, -0.2) is 23.8 Å². The molecule has 0 bridgehead atoms. The smallest absolute Gasteiger partial charge is 0.291 e. The van der Waals surface area contributed by atoms with E-state index in [0.29, 0.717) is 5.56 Å². The van der Waals surface area contributed by atoms with Gasteiger partial charge in [-0.05, 0) is 35.9 Å². The van der Waals surface area contributed by atoms with Crippen LogP contribution in [0.1, 0.15) is 16.1 Å². The standard InChI is InChI=1S/C15H13N3O5/c1-16-14(19)12(17-15(20)13-3-2-8-23-13)9-10-4-6-11(7-5-10)18(21)22/h2-9H,1H3,(H,16,19)(H,17,20). The van der Waals surface area contributed by atoms with Crippen LogP contribution in [0.15, 0.2) is 52.8 Å². The first-order chi connectivity index (χ1) is 11.0. The zero-order valence-electron chi connectivity index (χ0n) is 12.1. The summed E-state index contributed by atoms with van der Waals surface area (Å²) in [6.45, 7) is 0. The number of nitrogens with one attached hydrogen (secondary N) is 2. The largest absolute Gasteiger partial charge is 0.459 e. The number of carbonyl (C=O) groups is 2. The van der Waals surface area contributed by atoms with Crippen molar-refractivity contribution >= 4 is 23.6 Å². The number of nitrogens with zero attached hydrogens (tertiary/aromatic N) is 1. The van der Waals surface area contributed by atoms with Crippen molar-refractivity contribution in [2.75, 3.05) is 7.05 Å². The van der Waals surface area contributed by atoms with Gasteiger partial charge in [0.2, 0.25) is 0 Å². The van der Waals surface area contributed by atoms with Crippen molar-refractivity contribution in [2.24, 2.45) is 0 Å². The lowest BCUT2D eigenvalue weighted by Crippen LogP contribution is -2.32. The van der Waals surface area contributed by atoms with Crippen LogP contribution in [0, 0.1) is 10.1 Å². The Morgan fingerprint density at radius 2 is 1.91 bits per heavy atom. The van der Waals surface area contributed by atoms with Crippen LogP contribution >= 0.6 is 0 Å². The van der Waals surface area contributed by atoms with Crippen molar-refractivity contribution in [1.29, 1.82) is 0 Å². The first-order valence-corrected chi connectivity index (χ1v) is 6.54. The summed E-state index contributed by atoms with van der Waals surface area (Å²) in [6.07, 6.45) is 2.75. The molecule has 118 valence electrons. The molecule has 0 spiro atoms. The second-order valence-corrected chi connectivity index (χ2v) is 4.42. The summed E-state index contributed by atoms with van der Waals surface area (Å²) in [5.41, 5.74) is 0.444. The van der Waals surface area contributed by atoms with Crippen molar-refractivity contribution in [1.82, 2.24) is 10.6 Å². The Hall–Kier alpha value is -3.42. The highest BCUT2D eigenvalue weighted by molar-refractivity contribution is 6.04. The molecule has 1 aromatic carbocycles. The molecule has 0 aliphatic rings. The van der Waals surface area contributed by atoms with Gasteiger partial charge in [0.25, 0.3) is 17.5 Å². The fourth-order valence-electron chi connectivity index (χ4n) is 1.74. The maximum absolute atomic E-state index is 12.0. The lowest BCUT2D eigenvalue weighted by atomic mass is 10.1. The van der Waals surface area contributed by atoms with Gasteiger partial charge in [0.15, 0.2) is 5.76 Å². The zero-order chi connectivity index (χ0) is 16.8. The molecule has 0 atom stereocenters. The van der Waals surface area contributed by atoms with E-state index in [-0.39, 0.29) is 17.1 Å². The third-order valence-electron chi connectivity index (χ3n) is 2.88. The van der Waals surface area contributed by atoms with E-state index in [2.05, 4.69) is 10.6 Å². The number of nitro benzene ring substituents is 1. The average Bonchev–Trinajstić information content (AvgIpc) is 3.08. The molecule has 0 radical (unpaired) electrons. The number of furan rings is 1. The fourth-order valence-corrected chi connectivity index (χ4v) is 1.74. The second kappa shape index (κ2) is 7.03. The molecule has 1 aromatic heterocycles. The van der Waals surface area contributed by atoms with Gasteiger partial charge in [0.05, 0.1) is 11.2 Å². The van der Waals surface area contributed by atoms with Gasteiger partial charge in [0.1, 0.15) is 5.70 Å². The molecule has 0 aliphatic carbocycles. The number of hydrogen-bond donors (Lipinski definition) is 2. The molecule has 0 saturated carbocycles. The number of carbonyl (C=O) groups excluding carboxylic acids is 2. The minimum absolute atomic E-state index is 0.0113. The highest BCUT2D eigenvalue weighted by Gasteiger charge is 2.15. The number of likely N-dealkylation sites (N-methyl/N-ethyl adjacent to an activating group) is 1. The van der Waals surface area contributed by atoms with Gasteiger partial charge >= 0.3 is 0 Å². The monoisotopic (exact) mass is 315 g/mol. The summed E-state index contributed by atoms with van der Waals surface area (Å²) < 4.78 is 4.96. The van der Waals surface area contributed by atoms with Crippen molar-refractivity contribution < 1.29 is 18.9 Å². The van der Waals surface area contributed by atoms with Gasteiger partial charge in [-0.3, -0.25) is 19.7 Å². The van der Waals surface area contributed by atoms with Crippen LogP contribution < -0.4 is 10.6 Å². The molecule has 0 saturated heterocycles. The summed E-state index contributed by atoms with van der Waals surface area (Å²) in [5.74, 6) is -1.03. The molecular weight excluding hydrogens is 302 g/mol. The van der Waals surface area contributed by atoms with Crippen LogP contribution in [-0.2, 0) is 4.79 Å². The molecule has 0 unspecified atom stereocenters. The fraction of sp³-hybridized carbons (Fsp3) is 0.0667. The Balaban J connectivity index is 2.25. The number of rotatable bonds is 5. The summed E-state index contributed by atoms with van der Waals surface area (Å²) in [4.78, 5) is 33.9. The van der Waals surface area contributed by atoms with E-state index in [9.17, 15) is 19.7 Å².